The Morgan fingerprint density at radius 1 is 1.14 bits per heavy atom. The fourth-order valence-corrected chi connectivity index (χ4v) is 2.67. The van der Waals surface area contributed by atoms with Crippen molar-refractivity contribution < 1.29 is 9.90 Å². The normalized spacial score (nSPS) is 16.9. The maximum Gasteiger partial charge on any atom is 0.238 e. The lowest BCUT2D eigenvalue weighted by molar-refractivity contribution is -0.117. The zero-order chi connectivity index (χ0) is 15.9. The molecule has 1 heterocycles. The van der Waals surface area contributed by atoms with E-state index >= 15 is 0 Å². The molecule has 0 spiro atoms. The van der Waals surface area contributed by atoms with E-state index in [1.165, 1.54) is 5.56 Å². The predicted molar refractivity (Wildman–Crippen MR) is 89.1 cm³/mol. The Balaban J connectivity index is 1.76. The number of carbonyl (C=O) groups is 1. The summed E-state index contributed by atoms with van der Waals surface area (Å²) >= 11 is 0. The second-order valence-corrected chi connectivity index (χ2v) is 6.17. The van der Waals surface area contributed by atoms with Gasteiger partial charge >= 0.3 is 0 Å². The quantitative estimate of drug-likeness (QED) is 0.833. The summed E-state index contributed by atoms with van der Waals surface area (Å²) in [6.45, 7) is 9.25. The lowest BCUT2D eigenvalue weighted by Crippen LogP contribution is -2.49. The van der Waals surface area contributed by atoms with Crippen LogP contribution in [0.15, 0.2) is 24.3 Å². The fraction of sp³-hybridized carbons (Fsp3) is 0.588. The highest BCUT2D eigenvalue weighted by atomic mass is 16.3. The van der Waals surface area contributed by atoms with Gasteiger partial charge in [-0.15, -0.1) is 0 Å². The van der Waals surface area contributed by atoms with Crippen LogP contribution in [0.2, 0.25) is 0 Å². The molecule has 5 nitrogen and oxygen atoms in total. The zero-order valence-corrected chi connectivity index (χ0v) is 13.6. The SMILES string of the molecule is CC(C)c1ccc(NC(=O)CN2CCN(CCO)CC2)cc1. The van der Waals surface area contributed by atoms with E-state index in [0.29, 0.717) is 12.5 Å². The van der Waals surface area contributed by atoms with E-state index in [-0.39, 0.29) is 12.5 Å². The number of anilines is 1. The van der Waals surface area contributed by atoms with Gasteiger partial charge in [0.2, 0.25) is 5.91 Å². The second-order valence-electron chi connectivity index (χ2n) is 6.17. The van der Waals surface area contributed by atoms with Gasteiger partial charge in [-0.25, -0.2) is 0 Å². The van der Waals surface area contributed by atoms with Gasteiger partial charge in [0, 0.05) is 38.4 Å². The van der Waals surface area contributed by atoms with Crippen LogP contribution >= 0.6 is 0 Å². The minimum absolute atomic E-state index is 0.0351. The first-order chi connectivity index (χ1) is 10.6. The van der Waals surface area contributed by atoms with Crippen LogP contribution in [-0.4, -0.2) is 66.7 Å². The number of aliphatic hydroxyl groups excluding tert-OH is 1. The van der Waals surface area contributed by atoms with Crippen LogP contribution in [0, 0.1) is 0 Å². The first-order valence-electron chi connectivity index (χ1n) is 8.04. The molecule has 0 bridgehead atoms. The highest BCUT2D eigenvalue weighted by molar-refractivity contribution is 5.92. The maximum atomic E-state index is 12.1. The molecule has 2 N–H and O–H groups in total. The number of hydrogen-bond donors (Lipinski definition) is 2. The first-order valence-corrected chi connectivity index (χ1v) is 8.04. The minimum atomic E-state index is 0.0351. The summed E-state index contributed by atoms with van der Waals surface area (Å²) in [6, 6.07) is 8.06. The lowest BCUT2D eigenvalue weighted by atomic mass is 10.0. The van der Waals surface area contributed by atoms with E-state index in [4.69, 9.17) is 5.11 Å². The van der Waals surface area contributed by atoms with Crippen molar-refractivity contribution in [2.45, 2.75) is 19.8 Å². The van der Waals surface area contributed by atoms with Crippen molar-refractivity contribution in [1.82, 2.24) is 9.80 Å². The predicted octanol–water partition coefficient (Wildman–Crippen LogP) is 1.36. The number of piperazine rings is 1. The molecule has 1 aliphatic heterocycles. The van der Waals surface area contributed by atoms with Gasteiger partial charge in [-0.3, -0.25) is 14.6 Å². The molecule has 5 heteroatoms. The summed E-state index contributed by atoms with van der Waals surface area (Å²) in [6.07, 6.45) is 0. The molecule has 1 saturated heterocycles. The van der Waals surface area contributed by atoms with Crippen molar-refractivity contribution >= 4 is 11.6 Å². The van der Waals surface area contributed by atoms with Gasteiger partial charge in [-0.1, -0.05) is 26.0 Å². The van der Waals surface area contributed by atoms with Crippen LogP contribution in [-0.2, 0) is 4.79 Å². The van der Waals surface area contributed by atoms with Gasteiger partial charge in [-0.05, 0) is 23.6 Å². The van der Waals surface area contributed by atoms with Crippen molar-refractivity contribution in [2.75, 3.05) is 51.2 Å². The van der Waals surface area contributed by atoms with Gasteiger partial charge in [0.05, 0.1) is 13.2 Å². The molecule has 0 atom stereocenters. The Morgan fingerprint density at radius 2 is 1.73 bits per heavy atom. The molecule has 0 unspecified atom stereocenters. The van der Waals surface area contributed by atoms with Crippen LogP contribution in [0.5, 0.6) is 0 Å². The van der Waals surface area contributed by atoms with Crippen molar-refractivity contribution in [3.8, 4) is 0 Å². The van der Waals surface area contributed by atoms with Crippen molar-refractivity contribution in [1.29, 1.82) is 0 Å². The van der Waals surface area contributed by atoms with E-state index in [0.717, 1.165) is 38.4 Å². The van der Waals surface area contributed by atoms with Crippen LogP contribution in [0.25, 0.3) is 0 Å². The molecule has 1 aromatic carbocycles. The molecule has 1 amide bonds. The number of hydrogen-bond acceptors (Lipinski definition) is 4. The average Bonchev–Trinajstić information content (AvgIpc) is 2.50. The molecular weight excluding hydrogens is 278 g/mol. The summed E-state index contributed by atoms with van der Waals surface area (Å²) in [5.74, 6) is 0.535. The average molecular weight is 305 g/mol. The summed E-state index contributed by atoms with van der Waals surface area (Å²) in [5.41, 5.74) is 2.13. The molecule has 0 radical (unpaired) electrons. The molecule has 1 fully saturated rings. The third kappa shape index (κ3) is 5.09. The van der Waals surface area contributed by atoms with E-state index in [1.54, 1.807) is 0 Å². The number of nitrogens with one attached hydrogen (secondary N) is 1. The summed E-state index contributed by atoms with van der Waals surface area (Å²) in [4.78, 5) is 16.5. The van der Waals surface area contributed by atoms with Gasteiger partial charge in [0.1, 0.15) is 0 Å². The molecule has 1 aliphatic rings. The van der Waals surface area contributed by atoms with Gasteiger partial charge in [-0.2, -0.15) is 0 Å². The van der Waals surface area contributed by atoms with E-state index in [2.05, 4.69) is 41.1 Å². The molecule has 0 aromatic heterocycles. The number of carbonyl (C=O) groups excluding carboxylic acids is 1. The third-order valence-electron chi connectivity index (χ3n) is 4.11. The van der Waals surface area contributed by atoms with Gasteiger partial charge in [0.25, 0.3) is 0 Å². The monoisotopic (exact) mass is 305 g/mol. The molecule has 2 rings (SSSR count). The molecule has 0 saturated carbocycles. The molecule has 0 aliphatic carbocycles. The lowest BCUT2D eigenvalue weighted by Gasteiger charge is -2.33. The fourth-order valence-electron chi connectivity index (χ4n) is 2.67. The summed E-state index contributed by atoms with van der Waals surface area (Å²) in [7, 11) is 0. The largest absolute Gasteiger partial charge is 0.395 e. The Bertz CT molecular complexity index is 465. The van der Waals surface area contributed by atoms with Crippen LogP contribution < -0.4 is 5.32 Å². The standard InChI is InChI=1S/C17H27N3O2/c1-14(2)15-3-5-16(6-4-15)18-17(22)13-20-9-7-19(8-10-20)11-12-21/h3-6,14,21H,7-13H2,1-2H3,(H,18,22). The van der Waals surface area contributed by atoms with E-state index in [1.807, 2.05) is 12.1 Å². The van der Waals surface area contributed by atoms with Crippen molar-refractivity contribution in [2.24, 2.45) is 0 Å². The number of nitrogens with zero attached hydrogens (tertiary/aromatic N) is 2. The van der Waals surface area contributed by atoms with E-state index < -0.39 is 0 Å². The summed E-state index contributed by atoms with van der Waals surface area (Å²) < 4.78 is 0. The number of β-amino-alcohol motifs (C(OH)–C–C–N with tert-alkyl or cyclic N) is 1. The molecule has 1 aromatic rings. The van der Waals surface area contributed by atoms with Crippen LogP contribution in [0.1, 0.15) is 25.3 Å². The Labute approximate surface area is 132 Å². The number of amides is 1. The zero-order valence-electron chi connectivity index (χ0n) is 13.6. The Kier molecular flexibility index (Phi) is 6.36. The molecule has 22 heavy (non-hydrogen) atoms. The van der Waals surface area contributed by atoms with Crippen molar-refractivity contribution in [3.05, 3.63) is 29.8 Å². The van der Waals surface area contributed by atoms with Gasteiger partial charge in [0.15, 0.2) is 0 Å². The highest BCUT2D eigenvalue weighted by Crippen LogP contribution is 2.17. The first kappa shape index (κ1) is 16.9. The van der Waals surface area contributed by atoms with Crippen LogP contribution in [0.3, 0.4) is 0 Å². The smallest absolute Gasteiger partial charge is 0.238 e. The topological polar surface area (TPSA) is 55.8 Å². The second kappa shape index (κ2) is 8.27. The number of aliphatic hydroxyl groups is 1. The van der Waals surface area contributed by atoms with Crippen molar-refractivity contribution in [3.63, 3.8) is 0 Å². The summed E-state index contributed by atoms with van der Waals surface area (Å²) in [5, 5.41) is 11.9. The minimum Gasteiger partial charge on any atom is -0.395 e. The van der Waals surface area contributed by atoms with E-state index in [9.17, 15) is 4.79 Å². The van der Waals surface area contributed by atoms with Gasteiger partial charge < -0.3 is 10.4 Å². The number of rotatable bonds is 6. The number of benzene rings is 1. The highest BCUT2D eigenvalue weighted by Gasteiger charge is 2.18. The van der Waals surface area contributed by atoms with Crippen LogP contribution in [0.4, 0.5) is 5.69 Å². The Morgan fingerprint density at radius 3 is 2.27 bits per heavy atom. The maximum absolute atomic E-state index is 12.1. The third-order valence-corrected chi connectivity index (χ3v) is 4.11. The molecular formula is C17H27N3O2. The Hall–Kier alpha value is -1.43. The molecule has 122 valence electrons.